The second-order valence-electron chi connectivity index (χ2n) is 4.38. The molecule has 2 saturated carbocycles. The lowest BCUT2D eigenvalue weighted by Crippen LogP contribution is -2.63. The third-order valence-electron chi connectivity index (χ3n) is 4.07. The maximum Gasteiger partial charge on any atom is 0.166 e. The molecule has 0 aromatic heterocycles. The van der Waals surface area contributed by atoms with Crippen molar-refractivity contribution >= 4 is 5.78 Å². The van der Waals surface area contributed by atoms with Crippen molar-refractivity contribution in [3.05, 3.63) is 12.2 Å². The minimum atomic E-state index is -0.569. The van der Waals surface area contributed by atoms with Crippen LogP contribution in [0.2, 0.25) is 0 Å². The van der Waals surface area contributed by atoms with E-state index in [0.29, 0.717) is 6.42 Å². The summed E-state index contributed by atoms with van der Waals surface area (Å²) in [7, 11) is 1.63. The van der Waals surface area contributed by atoms with Gasteiger partial charge in [0.1, 0.15) is 5.60 Å². The van der Waals surface area contributed by atoms with Crippen molar-refractivity contribution in [3.63, 3.8) is 0 Å². The summed E-state index contributed by atoms with van der Waals surface area (Å²) in [5.41, 5.74) is 0.635. The zero-order valence-corrected chi connectivity index (χ0v) is 8.35. The van der Waals surface area contributed by atoms with E-state index < -0.39 is 5.60 Å². The highest BCUT2D eigenvalue weighted by Gasteiger charge is 2.65. The molecule has 0 aromatic carbocycles. The highest BCUT2D eigenvalue weighted by molar-refractivity contribution is 5.97. The van der Waals surface area contributed by atoms with Crippen molar-refractivity contribution in [2.75, 3.05) is 7.11 Å². The Hall–Kier alpha value is -0.630. The number of carbonyl (C=O) groups excluding carboxylic acids is 1. The summed E-state index contributed by atoms with van der Waals surface area (Å²) < 4.78 is 5.38. The predicted octanol–water partition coefficient (Wildman–Crippen LogP) is 2.09. The van der Waals surface area contributed by atoms with E-state index in [1.165, 1.54) is 5.57 Å². The fourth-order valence-corrected chi connectivity index (χ4v) is 2.89. The average Bonchev–Trinajstić information content (AvgIpc) is 2.49. The lowest BCUT2D eigenvalue weighted by Gasteiger charge is -2.53. The molecule has 2 rings (SSSR count). The molecule has 2 atom stereocenters. The van der Waals surface area contributed by atoms with Gasteiger partial charge in [-0.25, -0.2) is 0 Å². The van der Waals surface area contributed by atoms with Crippen molar-refractivity contribution in [1.29, 1.82) is 0 Å². The van der Waals surface area contributed by atoms with Crippen LogP contribution in [0.1, 0.15) is 32.6 Å². The molecular formula is C11H16O2. The molecule has 13 heavy (non-hydrogen) atoms. The summed E-state index contributed by atoms with van der Waals surface area (Å²) in [5.74, 6) is 0.234. The molecule has 2 fully saturated rings. The van der Waals surface area contributed by atoms with Crippen LogP contribution >= 0.6 is 0 Å². The number of carbonyl (C=O) groups is 1. The molecule has 0 N–H and O–H groups in total. The van der Waals surface area contributed by atoms with Crippen LogP contribution in [0, 0.1) is 5.41 Å². The van der Waals surface area contributed by atoms with Crippen LogP contribution in [0.5, 0.6) is 0 Å². The Labute approximate surface area is 79.0 Å². The van der Waals surface area contributed by atoms with Crippen LogP contribution in [0.4, 0.5) is 0 Å². The highest BCUT2D eigenvalue weighted by Crippen LogP contribution is 2.61. The van der Waals surface area contributed by atoms with E-state index in [1.807, 2.05) is 6.92 Å². The van der Waals surface area contributed by atoms with E-state index in [0.717, 1.165) is 19.3 Å². The van der Waals surface area contributed by atoms with Crippen LogP contribution in [-0.4, -0.2) is 18.5 Å². The van der Waals surface area contributed by atoms with Gasteiger partial charge in [-0.1, -0.05) is 12.2 Å². The zero-order valence-electron chi connectivity index (χ0n) is 8.35. The van der Waals surface area contributed by atoms with Gasteiger partial charge in [0.2, 0.25) is 0 Å². The van der Waals surface area contributed by atoms with Crippen LogP contribution in [0.3, 0.4) is 0 Å². The monoisotopic (exact) mass is 180 g/mol. The topological polar surface area (TPSA) is 26.3 Å². The third-order valence-corrected chi connectivity index (χ3v) is 4.07. The first-order chi connectivity index (χ1) is 6.07. The zero-order chi connectivity index (χ0) is 9.69. The van der Waals surface area contributed by atoms with Crippen molar-refractivity contribution < 1.29 is 9.53 Å². The Balaban J connectivity index is 2.36. The minimum absolute atomic E-state index is 0.0150. The van der Waals surface area contributed by atoms with E-state index in [-0.39, 0.29) is 11.2 Å². The second kappa shape index (κ2) is 2.44. The molecule has 0 aromatic rings. The maximum absolute atomic E-state index is 11.5. The smallest absolute Gasteiger partial charge is 0.166 e. The van der Waals surface area contributed by atoms with Gasteiger partial charge in [-0.05, 0) is 26.2 Å². The summed E-state index contributed by atoms with van der Waals surface area (Å²) in [5, 5.41) is 0. The first kappa shape index (κ1) is 8.95. The van der Waals surface area contributed by atoms with Gasteiger partial charge in [0.25, 0.3) is 0 Å². The van der Waals surface area contributed by atoms with E-state index in [2.05, 4.69) is 6.58 Å². The minimum Gasteiger partial charge on any atom is -0.370 e. The molecule has 0 radical (unpaired) electrons. The second-order valence-corrected chi connectivity index (χ2v) is 4.38. The summed E-state index contributed by atoms with van der Waals surface area (Å²) in [4.78, 5) is 11.5. The van der Waals surface area contributed by atoms with Crippen LogP contribution < -0.4 is 0 Å². The molecule has 2 nitrogen and oxygen atoms in total. The van der Waals surface area contributed by atoms with Crippen molar-refractivity contribution in [3.8, 4) is 0 Å². The number of methoxy groups -OCH3 is 1. The highest BCUT2D eigenvalue weighted by atomic mass is 16.5. The third kappa shape index (κ3) is 0.798. The number of ketones is 1. The molecule has 2 aliphatic rings. The summed E-state index contributed by atoms with van der Waals surface area (Å²) in [6.45, 7) is 5.99. The van der Waals surface area contributed by atoms with Gasteiger partial charge in [0.05, 0.1) is 0 Å². The standard InChI is InChI=1S/C11H16O2/c1-8-5-4-6-11(8)7-9(12)10(11,2)13-3/h1,4-7H2,2-3H3/t10-,11+/m0/s1. The Morgan fingerprint density at radius 2 is 2.23 bits per heavy atom. The number of hydrogen-bond acceptors (Lipinski definition) is 2. The van der Waals surface area contributed by atoms with E-state index in [4.69, 9.17) is 4.74 Å². The molecule has 2 aliphatic carbocycles. The molecule has 2 heteroatoms. The van der Waals surface area contributed by atoms with Gasteiger partial charge in [-0.15, -0.1) is 0 Å². The summed E-state index contributed by atoms with van der Waals surface area (Å²) in [6.07, 6.45) is 3.94. The Kier molecular flexibility index (Phi) is 1.68. The van der Waals surface area contributed by atoms with E-state index >= 15 is 0 Å². The van der Waals surface area contributed by atoms with E-state index in [9.17, 15) is 4.79 Å². The fraction of sp³-hybridized carbons (Fsp3) is 0.727. The van der Waals surface area contributed by atoms with Gasteiger partial charge < -0.3 is 4.74 Å². The Morgan fingerprint density at radius 1 is 1.54 bits per heavy atom. The Morgan fingerprint density at radius 3 is 2.62 bits per heavy atom. The van der Waals surface area contributed by atoms with Crippen molar-refractivity contribution in [2.45, 2.75) is 38.2 Å². The lowest BCUT2D eigenvalue weighted by atomic mass is 9.54. The number of hydrogen-bond donors (Lipinski definition) is 0. The summed E-state index contributed by atoms with van der Waals surface area (Å²) >= 11 is 0. The Bertz CT molecular complexity index is 282. The van der Waals surface area contributed by atoms with Crippen LogP contribution in [0.25, 0.3) is 0 Å². The number of Topliss-reactive ketones (excluding diaryl/α,β-unsaturated/α-hetero) is 1. The molecule has 0 bridgehead atoms. The van der Waals surface area contributed by atoms with Crippen molar-refractivity contribution in [2.24, 2.45) is 5.41 Å². The molecular weight excluding hydrogens is 164 g/mol. The number of ether oxygens (including phenoxy) is 1. The number of rotatable bonds is 1. The van der Waals surface area contributed by atoms with Gasteiger partial charge in [0, 0.05) is 18.9 Å². The van der Waals surface area contributed by atoms with Gasteiger partial charge in [-0.2, -0.15) is 0 Å². The molecule has 1 spiro atoms. The first-order valence-electron chi connectivity index (χ1n) is 4.83. The molecule has 0 unspecified atom stereocenters. The summed E-state index contributed by atoms with van der Waals surface area (Å²) in [6, 6.07) is 0. The predicted molar refractivity (Wildman–Crippen MR) is 50.5 cm³/mol. The maximum atomic E-state index is 11.5. The quantitative estimate of drug-likeness (QED) is 0.577. The SMILES string of the molecule is C=C1CCC[C@@]12CC(=O)[C@]2(C)OC. The van der Waals surface area contributed by atoms with Gasteiger partial charge in [-0.3, -0.25) is 4.79 Å². The first-order valence-corrected chi connectivity index (χ1v) is 4.83. The molecule has 0 heterocycles. The van der Waals surface area contributed by atoms with Crippen molar-refractivity contribution in [1.82, 2.24) is 0 Å². The molecule has 0 aliphatic heterocycles. The molecule has 0 saturated heterocycles. The lowest BCUT2D eigenvalue weighted by molar-refractivity contribution is -0.179. The van der Waals surface area contributed by atoms with Gasteiger partial charge in [0.15, 0.2) is 5.78 Å². The van der Waals surface area contributed by atoms with Gasteiger partial charge >= 0.3 is 0 Å². The largest absolute Gasteiger partial charge is 0.370 e. The fourth-order valence-electron chi connectivity index (χ4n) is 2.89. The molecule has 0 amide bonds. The molecule has 72 valence electrons. The average molecular weight is 180 g/mol. The normalized spacial score (nSPS) is 44.2. The van der Waals surface area contributed by atoms with Crippen LogP contribution in [-0.2, 0) is 9.53 Å². The van der Waals surface area contributed by atoms with Crippen LogP contribution in [0.15, 0.2) is 12.2 Å². The van der Waals surface area contributed by atoms with E-state index in [1.54, 1.807) is 7.11 Å².